The van der Waals surface area contributed by atoms with Crippen molar-refractivity contribution in [2.24, 2.45) is 0 Å². The van der Waals surface area contributed by atoms with Crippen molar-refractivity contribution in [3.8, 4) is 0 Å². The van der Waals surface area contributed by atoms with E-state index in [9.17, 15) is 38.8 Å². The van der Waals surface area contributed by atoms with E-state index < -0.39 is 81.2 Å². The molecule has 27 heavy (non-hydrogen) atoms. The highest BCUT2D eigenvalue weighted by molar-refractivity contribution is 7.47. The first-order valence-corrected chi connectivity index (χ1v) is 8.79. The summed E-state index contributed by atoms with van der Waals surface area (Å²) in [6.45, 7) is -1.98. The van der Waals surface area contributed by atoms with Crippen LogP contribution in [-0.4, -0.2) is 98.7 Å². The number of hydrogen-bond acceptors (Lipinski definition) is 13. The van der Waals surface area contributed by atoms with Crippen molar-refractivity contribution in [1.82, 2.24) is 0 Å². The van der Waals surface area contributed by atoms with Gasteiger partial charge in [-0.15, -0.1) is 0 Å². The average Bonchev–Trinajstić information content (AvgIpc) is 3.05. The van der Waals surface area contributed by atoms with Gasteiger partial charge in [0.2, 0.25) is 0 Å². The summed E-state index contributed by atoms with van der Waals surface area (Å²) < 4.78 is 30.0. The molecule has 6 atom stereocenters. The zero-order chi connectivity index (χ0) is 20.5. The molecule has 0 spiro atoms. The summed E-state index contributed by atoms with van der Waals surface area (Å²) in [5.41, 5.74) is 0. The SMILES string of the molecule is O=C1O[C@H]([C@@H](O)CO)C(OP(=O)(O)OC2C(=O)C(=O)O[C@@H]2[C@@H](O)CO)C1=O. The molecular weight excluding hydrogens is 399 g/mol. The topological polar surface area (TPSA) is 223 Å². The smallest absolute Gasteiger partial charge is 0.450 e. The van der Waals surface area contributed by atoms with E-state index in [4.69, 9.17) is 10.2 Å². The number of ether oxygens (including phenoxy) is 2. The van der Waals surface area contributed by atoms with Crippen molar-refractivity contribution in [3.05, 3.63) is 0 Å². The maximum absolute atomic E-state index is 12.1. The summed E-state index contributed by atoms with van der Waals surface area (Å²) >= 11 is 0. The van der Waals surface area contributed by atoms with Gasteiger partial charge in [0.25, 0.3) is 11.6 Å². The number of carbonyl (C=O) groups excluding carboxylic acids is 4. The first-order chi connectivity index (χ1) is 12.5. The molecule has 2 unspecified atom stereocenters. The number of rotatable bonds is 8. The quantitative estimate of drug-likeness (QED) is 0.144. The van der Waals surface area contributed by atoms with Gasteiger partial charge in [-0.3, -0.25) is 18.6 Å². The lowest BCUT2D eigenvalue weighted by atomic mass is 10.1. The molecule has 0 aromatic heterocycles. The Balaban J connectivity index is 2.18. The third-order valence-corrected chi connectivity index (χ3v) is 4.62. The Morgan fingerprint density at radius 1 is 0.852 bits per heavy atom. The zero-order valence-electron chi connectivity index (χ0n) is 13.2. The van der Waals surface area contributed by atoms with Crippen LogP contribution in [0, 0.1) is 0 Å². The highest BCUT2D eigenvalue weighted by Crippen LogP contribution is 2.49. The summed E-state index contributed by atoms with van der Waals surface area (Å²) in [6.07, 6.45) is -11.7. The molecule has 2 aliphatic rings. The highest BCUT2D eigenvalue weighted by Gasteiger charge is 2.55. The normalized spacial score (nSPS) is 32.8. The van der Waals surface area contributed by atoms with Crippen LogP contribution in [-0.2, 0) is 42.3 Å². The first kappa shape index (κ1) is 21.5. The fourth-order valence-electron chi connectivity index (χ4n) is 2.31. The lowest BCUT2D eigenvalue weighted by Crippen LogP contribution is -2.42. The van der Waals surface area contributed by atoms with Crippen LogP contribution in [0.1, 0.15) is 0 Å². The number of carbonyl (C=O) groups is 4. The lowest BCUT2D eigenvalue weighted by molar-refractivity contribution is -0.152. The molecule has 2 fully saturated rings. The Kier molecular flexibility index (Phi) is 6.44. The predicted molar refractivity (Wildman–Crippen MR) is 75.5 cm³/mol. The zero-order valence-corrected chi connectivity index (χ0v) is 14.1. The van der Waals surface area contributed by atoms with Gasteiger partial charge in [-0.2, -0.15) is 0 Å². The van der Waals surface area contributed by atoms with Crippen LogP contribution in [0.2, 0.25) is 0 Å². The van der Waals surface area contributed by atoms with Gasteiger partial charge >= 0.3 is 19.8 Å². The molecule has 2 aliphatic heterocycles. The number of aliphatic hydroxyl groups is 4. The summed E-state index contributed by atoms with van der Waals surface area (Å²) in [4.78, 5) is 55.7. The third kappa shape index (κ3) is 4.39. The van der Waals surface area contributed by atoms with Gasteiger partial charge in [-0.25, -0.2) is 14.2 Å². The van der Waals surface area contributed by atoms with Gasteiger partial charge in [0.1, 0.15) is 12.2 Å². The van der Waals surface area contributed by atoms with Crippen LogP contribution in [0.4, 0.5) is 0 Å². The maximum Gasteiger partial charge on any atom is 0.473 e. The lowest BCUT2D eigenvalue weighted by Gasteiger charge is -2.25. The second kappa shape index (κ2) is 8.08. The molecule has 0 bridgehead atoms. The minimum Gasteiger partial charge on any atom is -0.450 e. The molecule has 0 saturated carbocycles. The molecule has 0 aromatic carbocycles. The number of Topliss-reactive ketones (excluding diaryl/α,β-unsaturated/α-hetero) is 2. The van der Waals surface area contributed by atoms with Gasteiger partial charge in [0, 0.05) is 0 Å². The van der Waals surface area contributed by atoms with Crippen molar-refractivity contribution in [2.45, 2.75) is 36.6 Å². The van der Waals surface area contributed by atoms with Crippen molar-refractivity contribution >= 4 is 31.3 Å². The van der Waals surface area contributed by atoms with E-state index in [-0.39, 0.29) is 0 Å². The molecule has 2 heterocycles. The predicted octanol–water partition coefficient (Wildman–Crippen LogP) is -4.45. The van der Waals surface area contributed by atoms with E-state index in [1.54, 1.807) is 0 Å². The van der Waals surface area contributed by atoms with Crippen molar-refractivity contribution in [3.63, 3.8) is 0 Å². The van der Waals surface area contributed by atoms with Crippen LogP contribution in [0.5, 0.6) is 0 Å². The Hall–Kier alpha value is -1.77. The van der Waals surface area contributed by atoms with E-state index in [1.165, 1.54) is 0 Å². The number of phosphoric acid groups is 1. The molecule has 0 aromatic rings. The van der Waals surface area contributed by atoms with Gasteiger partial charge in [-0.1, -0.05) is 0 Å². The Labute approximate surface area is 149 Å². The molecule has 2 rings (SSSR count). The van der Waals surface area contributed by atoms with Gasteiger partial charge in [-0.05, 0) is 0 Å². The minimum atomic E-state index is -5.39. The highest BCUT2D eigenvalue weighted by atomic mass is 31.2. The van der Waals surface area contributed by atoms with Crippen molar-refractivity contribution in [1.29, 1.82) is 0 Å². The number of ketones is 2. The van der Waals surface area contributed by atoms with Gasteiger partial charge in [0.15, 0.2) is 24.4 Å². The monoisotopic (exact) mass is 414 g/mol. The van der Waals surface area contributed by atoms with E-state index in [0.29, 0.717) is 0 Å². The average molecular weight is 414 g/mol. The van der Waals surface area contributed by atoms with Crippen molar-refractivity contribution in [2.75, 3.05) is 13.2 Å². The summed E-state index contributed by atoms with van der Waals surface area (Å²) in [7, 11) is -5.39. The largest absolute Gasteiger partial charge is 0.473 e. The van der Waals surface area contributed by atoms with Gasteiger partial charge in [0.05, 0.1) is 13.2 Å². The van der Waals surface area contributed by atoms with Gasteiger partial charge < -0.3 is 34.8 Å². The summed E-state index contributed by atoms with van der Waals surface area (Å²) in [5, 5.41) is 36.8. The molecule has 0 radical (unpaired) electrons. The summed E-state index contributed by atoms with van der Waals surface area (Å²) in [6, 6.07) is 0. The molecule has 0 amide bonds. The Morgan fingerprint density at radius 2 is 1.19 bits per heavy atom. The van der Waals surface area contributed by atoms with E-state index in [2.05, 4.69) is 18.5 Å². The number of cyclic esters (lactones) is 2. The van der Waals surface area contributed by atoms with Crippen molar-refractivity contribution < 1.29 is 67.6 Å². The molecule has 2 saturated heterocycles. The van der Waals surface area contributed by atoms with E-state index in [0.717, 1.165) is 0 Å². The minimum absolute atomic E-state index is 0.990. The Morgan fingerprint density at radius 3 is 1.48 bits per heavy atom. The summed E-state index contributed by atoms with van der Waals surface area (Å²) in [5.74, 6) is -5.96. The second-order valence-corrected chi connectivity index (χ2v) is 6.85. The van der Waals surface area contributed by atoms with Crippen LogP contribution < -0.4 is 0 Å². The fourth-order valence-corrected chi connectivity index (χ4v) is 3.37. The number of phosphoric ester groups is 1. The fraction of sp³-hybridized carbons (Fsp3) is 0.667. The number of esters is 2. The second-order valence-electron chi connectivity index (χ2n) is 5.49. The molecule has 14 nitrogen and oxygen atoms in total. The van der Waals surface area contributed by atoms with Crippen LogP contribution in [0.3, 0.4) is 0 Å². The Bertz CT molecular complexity index is 636. The molecule has 5 N–H and O–H groups in total. The molecule has 15 heteroatoms. The van der Waals surface area contributed by atoms with Crippen LogP contribution in [0.25, 0.3) is 0 Å². The molecular formula is C12H15O14P. The van der Waals surface area contributed by atoms with Crippen LogP contribution in [0.15, 0.2) is 0 Å². The van der Waals surface area contributed by atoms with Crippen LogP contribution >= 0.6 is 7.82 Å². The maximum atomic E-state index is 12.1. The molecule has 152 valence electrons. The first-order valence-electron chi connectivity index (χ1n) is 7.29. The standard InChI is InChI=1S/C12H15O14P/c13-1-3(15)7-9(5(17)11(19)23-7)25-27(21,22)26-10-6(18)12(20)24-8(10)4(16)2-14/h3-4,7-10,13-16H,1-2H2,(H,21,22)/t3-,4-,7+,8+,9?,10?/m0/s1. The van der Waals surface area contributed by atoms with E-state index >= 15 is 0 Å². The number of hydrogen-bond donors (Lipinski definition) is 5. The number of aliphatic hydroxyl groups excluding tert-OH is 4. The third-order valence-electron chi connectivity index (χ3n) is 3.63. The van der Waals surface area contributed by atoms with E-state index in [1.807, 2.05) is 0 Å². The molecule has 0 aliphatic carbocycles.